The van der Waals surface area contributed by atoms with Crippen molar-refractivity contribution in [2.75, 3.05) is 50.7 Å². The summed E-state index contributed by atoms with van der Waals surface area (Å²) in [7, 11) is 0. The standard InChI is InChI=1S/C24H22F2N4.C23H18ClF2N3O2.C19H16F2INO2.C10H20N2O2.C6H15N.C5H5ClN2/c25-20-2-1-3-21(26)24(20)16-5-4-15-6-7-18(19(15)12-16)22-13-28-14-23(29-22)30-10-8-17(27)9-11-30;1-23(2,3)31-22(30)29-12-15(18-10-27-11-20(24)28-18)14-9-13(7-8-19(14)29)21-16(25)5-4-6-17(21)26;1-19(2,3)25-18(24)23-10-15(22)12-9-11(7-8-16(12)23)17-13(20)5-4-6-14(17)21;1-10(2,3)14-9(13)12-8-4-6-11-7-5-8;1-4-7(5-2)6-3;1-4-2-7-3-5(6)8-4/h1-5,7,12-14,17H,6,8-11,27H2;4-12H,1-3H3;4-10H,1-3H3;8,11H,4-7H2,1-3H3,(H,12,13);4-6H2,1-3H3;2-3H,1H3. The van der Waals surface area contributed by atoms with Crippen molar-refractivity contribution in [3.63, 3.8) is 0 Å². The van der Waals surface area contributed by atoms with E-state index in [1.54, 1.807) is 115 Å². The number of anilines is 1. The molecule has 19 nitrogen and oxygen atoms in total. The number of nitrogens with one attached hydrogen (secondary N) is 2. The molecule has 28 heteroatoms. The normalized spacial score (nSPS) is 13.6. The first-order valence-electron chi connectivity index (χ1n) is 37.8. The Morgan fingerprint density at radius 3 is 1.48 bits per heavy atom. The molecule has 2 aliphatic heterocycles. The second-order valence-electron chi connectivity index (χ2n) is 30.3. The molecule has 608 valence electrons. The molecule has 1 amide bonds. The second kappa shape index (κ2) is 40.1. The summed E-state index contributed by atoms with van der Waals surface area (Å²) in [4.78, 5) is 66.4. The molecule has 2 fully saturated rings. The van der Waals surface area contributed by atoms with E-state index in [1.807, 2.05) is 39.8 Å². The number of amides is 1. The van der Waals surface area contributed by atoms with Gasteiger partial charge in [0.05, 0.1) is 75.8 Å². The van der Waals surface area contributed by atoms with Crippen molar-refractivity contribution >= 4 is 97.3 Å². The van der Waals surface area contributed by atoms with E-state index in [1.165, 1.54) is 102 Å². The van der Waals surface area contributed by atoms with E-state index in [-0.39, 0.29) is 40.0 Å². The van der Waals surface area contributed by atoms with Gasteiger partial charge in [-0.2, -0.15) is 0 Å². The van der Waals surface area contributed by atoms with Crippen molar-refractivity contribution in [2.24, 2.45) is 5.73 Å². The van der Waals surface area contributed by atoms with Crippen LogP contribution >= 0.6 is 45.8 Å². The highest BCUT2D eigenvalue weighted by molar-refractivity contribution is 14.1. The molecule has 0 unspecified atom stereocenters. The van der Waals surface area contributed by atoms with Gasteiger partial charge in [0.15, 0.2) is 0 Å². The molecule has 0 atom stereocenters. The monoisotopic (exact) mass is 1730 g/mol. The maximum Gasteiger partial charge on any atom is 0.419 e. The molecule has 11 aromatic rings. The lowest BCUT2D eigenvalue weighted by Gasteiger charge is -2.31. The third-order valence-corrected chi connectivity index (χ3v) is 19.4. The molecule has 2 saturated heterocycles. The fourth-order valence-electron chi connectivity index (χ4n) is 12.7. The summed E-state index contributed by atoms with van der Waals surface area (Å²) in [6.45, 7) is 31.9. The minimum Gasteiger partial charge on any atom is -0.444 e. The van der Waals surface area contributed by atoms with Gasteiger partial charge in [0.25, 0.3) is 0 Å². The smallest absolute Gasteiger partial charge is 0.419 e. The average Bonchev–Trinajstić information content (AvgIpc) is 1.64. The van der Waals surface area contributed by atoms with Crippen LogP contribution in [-0.4, -0.2) is 137 Å². The van der Waals surface area contributed by atoms with E-state index in [0.717, 1.165) is 101 Å². The molecule has 7 heterocycles. The van der Waals surface area contributed by atoms with Crippen LogP contribution in [0.4, 0.5) is 46.5 Å². The van der Waals surface area contributed by atoms with E-state index in [4.69, 9.17) is 48.1 Å². The Morgan fingerprint density at radius 2 is 1.01 bits per heavy atom. The average molecular weight is 1730 g/mol. The molecule has 14 rings (SSSR count). The van der Waals surface area contributed by atoms with E-state index in [2.05, 4.69) is 94.8 Å². The van der Waals surface area contributed by atoms with Crippen molar-refractivity contribution in [1.29, 1.82) is 0 Å². The number of allylic oxidation sites excluding steroid dienone is 1. The fourth-order valence-corrected chi connectivity index (χ4v) is 13.7. The number of carbonyl (C=O) groups excluding carboxylic acids is 3. The van der Waals surface area contributed by atoms with Crippen LogP contribution in [0, 0.1) is 45.4 Å². The lowest BCUT2D eigenvalue weighted by Crippen LogP contribution is -2.44. The molecular weight excluding hydrogens is 1630 g/mol. The van der Waals surface area contributed by atoms with Crippen LogP contribution in [-0.2, 0) is 20.6 Å². The summed E-state index contributed by atoms with van der Waals surface area (Å²) in [5, 5.41) is 8.01. The summed E-state index contributed by atoms with van der Waals surface area (Å²) in [5.74, 6) is -2.91. The van der Waals surface area contributed by atoms with Gasteiger partial charge in [-0.25, -0.2) is 55.7 Å². The SMILES string of the molecule is CC(C)(C)OC(=O)NC1CCNCC1.CC(C)(C)OC(=O)n1cc(-c2cncc(Cl)n2)c2cc(-c3c(F)cccc3F)ccc21.CC(C)(C)OC(=O)n1cc(I)c2cc(-c3c(F)cccc3F)ccc21.CCN(CC)CC.Cc1cncc(Cl)n1.NC1CCN(c2cncc(C3=CCc4ccc(-c5c(F)cccc5F)cc43)n2)CC1. The molecule has 4 N–H and O–H groups in total. The maximum atomic E-state index is 14.4. The summed E-state index contributed by atoms with van der Waals surface area (Å²) >= 11 is 13.6. The molecule has 0 spiro atoms. The molecule has 0 radical (unpaired) electrons. The van der Waals surface area contributed by atoms with Crippen LogP contribution in [0.5, 0.6) is 0 Å². The van der Waals surface area contributed by atoms with Crippen LogP contribution in [0.3, 0.4) is 0 Å². The Balaban J connectivity index is 0.000000169. The number of alkyl carbamates (subject to hydrolysis) is 1. The molecule has 0 saturated carbocycles. The van der Waals surface area contributed by atoms with Gasteiger partial charge < -0.3 is 40.4 Å². The summed E-state index contributed by atoms with van der Waals surface area (Å²) in [6.07, 6.45) is 18.1. The number of piperidine rings is 2. The van der Waals surface area contributed by atoms with Crippen molar-refractivity contribution in [3.8, 4) is 44.6 Å². The highest BCUT2D eigenvalue weighted by Gasteiger charge is 2.28. The van der Waals surface area contributed by atoms with E-state index in [0.29, 0.717) is 49.5 Å². The minimum absolute atomic E-state index is 0.00367. The lowest BCUT2D eigenvalue weighted by molar-refractivity contribution is 0.0491. The number of nitrogens with two attached hydrogens (primary N) is 1. The van der Waals surface area contributed by atoms with E-state index >= 15 is 0 Å². The van der Waals surface area contributed by atoms with Crippen molar-refractivity contribution in [1.82, 2.24) is 54.6 Å². The number of halogens is 9. The minimum atomic E-state index is -0.708. The molecule has 1 aliphatic carbocycles. The number of rotatable bonds is 10. The highest BCUT2D eigenvalue weighted by Crippen LogP contribution is 2.39. The zero-order chi connectivity index (χ0) is 83.6. The topological polar surface area (TPSA) is 223 Å². The summed E-state index contributed by atoms with van der Waals surface area (Å²) in [5.41, 5.74) is 12.0. The predicted molar refractivity (Wildman–Crippen MR) is 451 cm³/mol. The molecule has 3 aliphatic rings. The third-order valence-electron chi connectivity index (χ3n) is 18.2. The quantitative estimate of drug-likeness (QED) is 0.0658. The zero-order valence-electron chi connectivity index (χ0n) is 66.6. The molecular formula is C87H96Cl2F6IN13O6. The Kier molecular flexibility index (Phi) is 31.1. The van der Waals surface area contributed by atoms with Crippen molar-refractivity contribution in [3.05, 3.63) is 236 Å². The molecule has 0 bridgehead atoms. The number of fused-ring (bicyclic) bond motifs is 3. The van der Waals surface area contributed by atoms with Gasteiger partial charge in [-0.1, -0.05) is 92.5 Å². The Hall–Kier alpha value is -9.84. The molecule has 5 aromatic heterocycles. The summed E-state index contributed by atoms with van der Waals surface area (Å²) in [6, 6.07) is 27.2. The predicted octanol–water partition coefficient (Wildman–Crippen LogP) is 20.8. The fraction of sp³-hybridized carbons (Fsp3) is 0.345. The molecule has 6 aromatic carbocycles. The zero-order valence-corrected chi connectivity index (χ0v) is 70.3. The molecule has 115 heavy (non-hydrogen) atoms. The number of hydrogen-bond acceptors (Lipinski definition) is 16. The Morgan fingerprint density at radius 1 is 0.557 bits per heavy atom. The van der Waals surface area contributed by atoms with Crippen LogP contribution in [0.25, 0.3) is 72.0 Å². The van der Waals surface area contributed by atoms with Gasteiger partial charge in [0.2, 0.25) is 0 Å². The van der Waals surface area contributed by atoms with Gasteiger partial charge in [0.1, 0.15) is 67.8 Å². The largest absolute Gasteiger partial charge is 0.444 e. The van der Waals surface area contributed by atoms with Gasteiger partial charge in [0, 0.05) is 69.2 Å². The van der Waals surface area contributed by atoms with Crippen molar-refractivity contribution in [2.45, 2.75) is 151 Å². The first kappa shape index (κ1) is 89.1. The van der Waals surface area contributed by atoms with E-state index < -0.39 is 63.9 Å². The lowest BCUT2D eigenvalue weighted by atomic mass is 9.96. The van der Waals surface area contributed by atoms with Crippen LogP contribution in [0.2, 0.25) is 10.3 Å². The third kappa shape index (κ3) is 24.8. The van der Waals surface area contributed by atoms with Crippen LogP contribution in [0.15, 0.2) is 165 Å². The first-order chi connectivity index (χ1) is 54.5. The van der Waals surface area contributed by atoms with Gasteiger partial charge in [-0.3, -0.25) is 24.1 Å². The number of benzene rings is 6. The number of ether oxygens (including phenoxy) is 3. The van der Waals surface area contributed by atoms with E-state index in [9.17, 15) is 40.7 Å². The Labute approximate surface area is 690 Å². The van der Waals surface area contributed by atoms with Crippen molar-refractivity contribution < 1.29 is 54.9 Å². The van der Waals surface area contributed by atoms with Gasteiger partial charge in [-0.05, 0) is 251 Å². The van der Waals surface area contributed by atoms with Gasteiger partial charge in [-0.15, -0.1) is 0 Å². The summed E-state index contributed by atoms with van der Waals surface area (Å²) < 4.78 is 105. The Bertz CT molecular complexity index is 5160. The maximum absolute atomic E-state index is 14.4. The number of aryl methyl sites for hydroxylation is 1. The first-order valence-corrected chi connectivity index (χ1v) is 39.6. The number of carbonyl (C=O) groups is 3. The number of hydrogen-bond donors (Lipinski definition) is 3. The second-order valence-corrected chi connectivity index (χ2v) is 32.2. The highest BCUT2D eigenvalue weighted by atomic mass is 127. The van der Waals surface area contributed by atoms with Gasteiger partial charge >= 0.3 is 18.3 Å². The van der Waals surface area contributed by atoms with Crippen LogP contribution in [0.1, 0.15) is 131 Å². The number of nitrogens with zero attached hydrogens (tertiary/aromatic N) is 10. The van der Waals surface area contributed by atoms with Crippen LogP contribution < -0.4 is 21.3 Å². The number of aromatic nitrogens is 8.